The van der Waals surface area contributed by atoms with Gasteiger partial charge < -0.3 is 4.42 Å². The Labute approximate surface area is 150 Å². The van der Waals surface area contributed by atoms with Crippen LogP contribution in [0.3, 0.4) is 0 Å². The first-order valence-electron chi connectivity index (χ1n) is 8.46. The van der Waals surface area contributed by atoms with Crippen LogP contribution in [0, 0.1) is 0 Å². The van der Waals surface area contributed by atoms with Gasteiger partial charge in [-0.25, -0.2) is 0 Å². The minimum Gasteiger partial charge on any atom is -0.454 e. The molecule has 2 aromatic heterocycles. The number of aromatic nitrogens is 3. The zero-order valence-electron chi connectivity index (χ0n) is 13.9. The molecule has 0 aliphatic carbocycles. The maximum Gasteiger partial charge on any atom is 0.162 e. The van der Waals surface area contributed by atoms with E-state index < -0.39 is 0 Å². The van der Waals surface area contributed by atoms with Crippen molar-refractivity contribution in [1.29, 1.82) is 0 Å². The third-order valence-corrected chi connectivity index (χ3v) is 4.31. The van der Waals surface area contributed by atoms with Crippen LogP contribution in [0.15, 0.2) is 95.4 Å². The van der Waals surface area contributed by atoms with Crippen LogP contribution in [0.5, 0.6) is 0 Å². The first-order chi connectivity index (χ1) is 12.9. The minimum atomic E-state index is 0.754. The van der Waals surface area contributed by atoms with Gasteiger partial charge in [-0.05, 0) is 12.1 Å². The standard InChI is InChI=1S/C22H15N3O/c1-3-9-16(10-4-1)21-15-20(22(26-21)17-11-5-2-6-12-17)25-23-18-13-7-8-14-19(18)24-25/h1-15H. The Bertz CT molecular complexity index is 1140. The fourth-order valence-electron chi connectivity index (χ4n) is 3.04. The summed E-state index contributed by atoms with van der Waals surface area (Å²) >= 11 is 0. The summed E-state index contributed by atoms with van der Waals surface area (Å²) in [6, 6.07) is 29.9. The average Bonchev–Trinajstić information content (AvgIpc) is 3.33. The average molecular weight is 337 g/mol. The van der Waals surface area contributed by atoms with Crippen LogP contribution in [0.25, 0.3) is 39.4 Å². The van der Waals surface area contributed by atoms with Crippen LogP contribution in [0.4, 0.5) is 0 Å². The van der Waals surface area contributed by atoms with Gasteiger partial charge in [0, 0.05) is 17.2 Å². The lowest BCUT2D eigenvalue weighted by Gasteiger charge is -2.01. The van der Waals surface area contributed by atoms with Gasteiger partial charge in [0.2, 0.25) is 0 Å². The molecule has 0 saturated heterocycles. The Morgan fingerprint density at radius 1 is 0.615 bits per heavy atom. The number of hydrogen-bond acceptors (Lipinski definition) is 3. The van der Waals surface area contributed by atoms with Crippen LogP contribution in [0.1, 0.15) is 0 Å². The van der Waals surface area contributed by atoms with Crippen molar-refractivity contribution < 1.29 is 4.42 Å². The molecule has 0 spiro atoms. The second-order valence-electron chi connectivity index (χ2n) is 6.04. The molecule has 5 aromatic rings. The van der Waals surface area contributed by atoms with Gasteiger partial charge in [-0.1, -0.05) is 72.8 Å². The van der Waals surface area contributed by atoms with E-state index in [2.05, 4.69) is 10.2 Å². The van der Waals surface area contributed by atoms with E-state index in [9.17, 15) is 0 Å². The Morgan fingerprint density at radius 2 is 1.15 bits per heavy atom. The van der Waals surface area contributed by atoms with Crippen molar-refractivity contribution in [2.75, 3.05) is 0 Å². The number of benzene rings is 3. The second-order valence-corrected chi connectivity index (χ2v) is 6.04. The number of nitrogens with zero attached hydrogens (tertiary/aromatic N) is 3. The molecule has 124 valence electrons. The number of rotatable bonds is 3. The summed E-state index contributed by atoms with van der Waals surface area (Å²) in [7, 11) is 0. The number of fused-ring (bicyclic) bond motifs is 1. The van der Waals surface area contributed by atoms with E-state index in [1.165, 1.54) is 0 Å². The molecule has 26 heavy (non-hydrogen) atoms. The Kier molecular flexibility index (Phi) is 3.39. The zero-order valence-corrected chi connectivity index (χ0v) is 13.9. The van der Waals surface area contributed by atoms with Crippen LogP contribution in [-0.2, 0) is 0 Å². The summed E-state index contributed by atoms with van der Waals surface area (Å²) in [5, 5.41) is 9.24. The highest BCUT2D eigenvalue weighted by atomic mass is 16.3. The molecule has 0 atom stereocenters. The lowest BCUT2D eigenvalue weighted by molar-refractivity contribution is 0.592. The van der Waals surface area contributed by atoms with Gasteiger partial charge in [0.25, 0.3) is 0 Å². The fourth-order valence-corrected chi connectivity index (χ4v) is 3.04. The Hall–Kier alpha value is -3.66. The van der Waals surface area contributed by atoms with Gasteiger partial charge in [0.1, 0.15) is 22.5 Å². The predicted molar refractivity (Wildman–Crippen MR) is 102 cm³/mol. The van der Waals surface area contributed by atoms with E-state index in [1.54, 1.807) is 4.80 Å². The fraction of sp³-hybridized carbons (Fsp3) is 0. The monoisotopic (exact) mass is 337 g/mol. The summed E-state index contributed by atoms with van der Waals surface area (Å²) < 4.78 is 6.24. The van der Waals surface area contributed by atoms with Crippen molar-refractivity contribution in [3.05, 3.63) is 91.0 Å². The first kappa shape index (κ1) is 14.7. The lowest BCUT2D eigenvalue weighted by atomic mass is 10.1. The summed E-state index contributed by atoms with van der Waals surface area (Å²) in [4.78, 5) is 1.66. The van der Waals surface area contributed by atoms with E-state index in [4.69, 9.17) is 4.42 Å². The van der Waals surface area contributed by atoms with Crippen molar-refractivity contribution in [3.63, 3.8) is 0 Å². The highest BCUT2D eigenvalue weighted by Gasteiger charge is 2.18. The molecular formula is C22H15N3O. The topological polar surface area (TPSA) is 43.9 Å². The predicted octanol–water partition coefficient (Wildman–Crippen LogP) is 5.35. The third-order valence-electron chi connectivity index (χ3n) is 4.31. The number of furan rings is 1. The molecule has 0 unspecified atom stereocenters. The summed E-state index contributed by atoms with van der Waals surface area (Å²) in [5.74, 6) is 1.55. The van der Waals surface area contributed by atoms with Crippen molar-refractivity contribution in [3.8, 4) is 28.3 Å². The van der Waals surface area contributed by atoms with E-state index >= 15 is 0 Å². The van der Waals surface area contributed by atoms with Crippen LogP contribution < -0.4 is 0 Å². The van der Waals surface area contributed by atoms with Crippen molar-refractivity contribution in [2.24, 2.45) is 0 Å². The normalized spacial score (nSPS) is 11.1. The second kappa shape index (κ2) is 6.01. The molecule has 0 bridgehead atoms. The third kappa shape index (κ3) is 2.48. The summed E-state index contributed by atoms with van der Waals surface area (Å²) in [6.07, 6.45) is 0. The lowest BCUT2D eigenvalue weighted by Crippen LogP contribution is -1.98. The van der Waals surface area contributed by atoms with Crippen LogP contribution >= 0.6 is 0 Å². The first-order valence-corrected chi connectivity index (χ1v) is 8.46. The highest BCUT2D eigenvalue weighted by Crippen LogP contribution is 2.34. The van der Waals surface area contributed by atoms with E-state index in [0.29, 0.717) is 0 Å². The smallest absolute Gasteiger partial charge is 0.162 e. The molecule has 2 heterocycles. The maximum absolute atomic E-state index is 6.24. The molecule has 0 amide bonds. The zero-order chi connectivity index (χ0) is 17.3. The molecule has 0 saturated carbocycles. The molecule has 5 rings (SSSR count). The maximum atomic E-state index is 6.24. The van der Waals surface area contributed by atoms with Gasteiger partial charge in [0.05, 0.1) is 0 Å². The summed E-state index contributed by atoms with van der Waals surface area (Å²) in [6.45, 7) is 0. The Balaban J connectivity index is 1.73. The van der Waals surface area contributed by atoms with E-state index in [0.717, 1.165) is 39.4 Å². The number of hydrogen-bond donors (Lipinski definition) is 0. The molecule has 0 N–H and O–H groups in total. The molecule has 4 nitrogen and oxygen atoms in total. The van der Waals surface area contributed by atoms with Crippen LogP contribution in [0.2, 0.25) is 0 Å². The van der Waals surface area contributed by atoms with Gasteiger partial charge in [-0.15, -0.1) is 15.0 Å². The largest absolute Gasteiger partial charge is 0.454 e. The van der Waals surface area contributed by atoms with Gasteiger partial charge >= 0.3 is 0 Å². The molecule has 3 aromatic carbocycles. The summed E-state index contributed by atoms with van der Waals surface area (Å²) in [5.41, 5.74) is 4.55. The van der Waals surface area contributed by atoms with E-state index in [-0.39, 0.29) is 0 Å². The molecule has 0 aliphatic heterocycles. The minimum absolute atomic E-state index is 0.754. The Morgan fingerprint density at radius 3 is 1.77 bits per heavy atom. The SMILES string of the molecule is c1ccc(-c2cc(-n3nc4ccccc4n3)c(-c3ccccc3)o2)cc1. The van der Waals surface area contributed by atoms with Gasteiger partial charge in [0.15, 0.2) is 5.76 Å². The van der Waals surface area contributed by atoms with E-state index in [1.807, 2.05) is 91.0 Å². The van der Waals surface area contributed by atoms with Crippen molar-refractivity contribution in [2.45, 2.75) is 0 Å². The molecule has 4 heteroatoms. The molecule has 0 radical (unpaired) electrons. The van der Waals surface area contributed by atoms with Crippen LogP contribution in [-0.4, -0.2) is 15.0 Å². The van der Waals surface area contributed by atoms with Gasteiger partial charge in [-0.3, -0.25) is 0 Å². The quantitative estimate of drug-likeness (QED) is 0.446. The molecule has 0 aliphatic rings. The van der Waals surface area contributed by atoms with Gasteiger partial charge in [-0.2, -0.15) is 0 Å². The highest BCUT2D eigenvalue weighted by molar-refractivity contribution is 5.76. The molecular weight excluding hydrogens is 322 g/mol. The molecule has 0 fully saturated rings. The van der Waals surface area contributed by atoms with Crippen molar-refractivity contribution >= 4 is 11.0 Å². The van der Waals surface area contributed by atoms with Crippen molar-refractivity contribution in [1.82, 2.24) is 15.0 Å².